The predicted octanol–water partition coefficient (Wildman–Crippen LogP) is 4.71. The summed E-state index contributed by atoms with van der Waals surface area (Å²) in [5.41, 5.74) is 3.48. The number of ketones is 1. The highest BCUT2D eigenvalue weighted by Gasteiger charge is 2.47. The zero-order valence-electron chi connectivity index (χ0n) is 14.6. The number of nitrogens with zero attached hydrogens (tertiary/aromatic N) is 1. The molecule has 1 saturated heterocycles. The summed E-state index contributed by atoms with van der Waals surface area (Å²) in [6, 6.07) is 10.7. The molecule has 0 saturated carbocycles. The van der Waals surface area contributed by atoms with E-state index in [2.05, 4.69) is 31.9 Å². The van der Waals surface area contributed by atoms with Gasteiger partial charge in [-0.05, 0) is 58.6 Å². The van der Waals surface area contributed by atoms with E-state index in [0.29, 0.717) is 47.2 Å². The van der Waals surface area contributed by atoms with Crippen molar-refractivity contribution in [2.75, 3.05) is 13.2 Å². The Labute approximate surface area is 168 Å². The van der Waals surface area contributed by atoms with Crippen LogP contribution in [0, 0.1) is 11.3 Å². The highest BCUT2D eigenvalue weighted by molar-refractivity contribution is 9.10. The quantitative estimate of drug-likeness (QED) is 0.594. The minimum atomic E-state index is -0.503. The predicted molar refractivity (Wildman–Crippen MR) is 103 cm³/mol. The number of hydrogen-bond acceptors (Lipinski definition) is 4. The Kier molecular flexibility index (Phi) is 3.83. The fourth-order valence-corrected chi connectivity index (χ4v) is 4.97. The Hall–Kier alpha value is -2.69. The van der Waals surface area contributed by atoms with Crippen molar-refractivity contribution in [1.82, 2.24) is 4.98 Å². The standard InChI is InChI=1S/C21H14BrFN2O3/c22-15-8-13-14(9-17(15)28-23)21(3-5-27-6-4-21)20-18(19(13)26)12-2-1-11(10-24)7-16(12)25-20/h1-2,7-9,25H,3-6H2. The molecule has 2 aromatic carbocycles. The number of rotatable bonds is 1. The van der Waals surface area contributed by atoms with Crippen molar-refractivity contribution in [3.63, 3.8) is 0 Å². The average molecular weight is 441 g/mol. The third kappa shape index (κ3) is 2.22. The molecule has 1 spiro atoms. The Morgan fingerprint density at radius 3 is 2.75 bits per heavy atom. The Morgan fingerprint density at radius 1 is 1.25 bits per heavy atom. The first-order valence-electron chi connectivity index (χ1n) is 8.90. The fraction of sp³-hybridized carbons (Fsp3) is 0.238. The van der Waals surface area contributed by atoms with Crippen molar-refractivity contribution >= 4 is 32.6 Å². The topological polar surface area (TPSA) is 75.1 Å². The van der Waals surface area contributed by atoms with Gasteiger partial charge in [0.25, 0.3) is 0 Å². The van der Waals surface area contributed by atoms with Gasteiger partial charge in [0.15, 0.2) is 11.5 Å². The molecule has 28 heavy (non-hydrogen) atoms. The van der Waals surface area contributed by atoms with Crippen LogP contribution in [0.4, 0.5) is 4.53 Å². The molecule has 5 rings (SSSR count). The first-order valence-corrected chi connectivity index (χ1v) is 9.70. The maximum atomic E-state index is 13.4. The summed E-state index contributed by atoms with van der Waals surface area (Å²) in [6.07, 6.45) is 1.32. The van der Waals surface area contributed by atoms with Crippen LogP contribution in [0.2, 0.25) is 0 Å². The van der Waals surface area contributed by atoms with Crippen LogP contribution in [0.5, 0.6) is 5.75 Å². The lowest BCUT2D eigenvalue weighted by molar-refractivity contribution is -0.00754. The molecule has 7 heteroatoms. The van der Waals surface area contributed by atoms with Crippen LogP contribution in [0.25, 0.3) is 10.9 Å². The summed E-state index contributed by atoms with van der Waals surface area (Å²) in [5.74, 6) is -0.0760. The van der Waals surface area contributed by atoms with E-state index in [4.69, 9.17) is 4.74 Å². The summed E-state index contributed by atoms with van der Waals surface area (Å²) in [5, 5.41) is 10.0. The molecule has 140 valence electrons. The van der Waals surface area contributed by atoms with Crippen LogP contribution in [-0.4, -0.2) is 24.0 Å². The third-order valence-electron chi connectivity index (χ3n) is 5.90. The lowest BCUT2D eigenvalue weighted by Crippen LogP contribution is -2.40. The van der Waals surface area contributed by atoms with Crippen molar-refractivity contribution < 1.29 is 19.0 Å². The van der Waals surface area contributed by atoms with Gasteiger partial charge in [-0.1, -0.05) is 6.07 Å². The zero-order chi connectivity index (χ0) is 19.5. The van der Waals surface area contributed by atoms with Crippen molar-refractivity contribution in [3.05, 3.63) is 62.8 Å². The molecule has 0 bridgehead atoms. The van der Waals surface area contributed by atoms with Crippen LogP contribution < -0.4 is 4.94 Å². The summed E-state index contributed by atoms with van der Waals surface area (Å²) in [7, 11) is 0. The van der Waals surface area contributed by atoms with Crippen LogP contribution in [0.15, 0.2) is 34.8 Å². The molecule has 1 N–H and O–H groups in total. The molecular formula is C21H14BrFN2O3. The summed E-state index contributed by atoms with van der Waals surface area (Å²) in [4.78, 5) is 20.9. The molecule has 0 atom stereocenters. The number of benzene rings is 2. The second-order valence-electron chi connectivity index (χ2n) is 7.18. The molecule has 2 aliphatic rings. The minimum Gasteiger partial charge on any atom is -0.381 e. The SMILES string of the molecule is N#Cc1ccc2c3c([nH]c2c1)C1(CCOCC1)c1cc(OF)c(Br)cc1C3=O. The fourth-order valence-electron chi connectivity index (χ4n) is 4.57. The van der Waals surface area contributed by atoms with E-state index in [-0.39, 0.29) is 11.5 Å². The number of fused-ring (bicyclic) bond motifs is 6. The smallest absolute Gasteiger partial charge is 0.195 e. The minimum absolute atomic E-state index is 0.0451. The number of aromatic nitrogens is 1. The van der Waals surface area contributed by atoms with Crippen molar-refractivity contribution in [3.8, 4) is 11.8 Å². The van der Waals surface area contributed by atoms with Gasteiger partial charge in [0.1, 0.15) is 0 Å². The molecule has 5 nitrogen and oxygen atoms in total. The monoisotopic (exact) mass is 440 g/mol. The van der Waals surface area contributed by atoms with E-state index in [0.717, 1.165) is 22.2 Å². The van der Waals surface area contributed by atoms with E-state index >= 15 is 0 Å². The highest BCUT2D eigenvalue weighted by Crippen LogP contribution is 2.51. The lowest BCUT2D eigenvalue weighted by atomic mass is 9.64. The van der Waals surface area contributed by atoms with E-state index in [1.54, 1.807) is 24.3 Å². The number of H-pyrrole nitrogens is 1. The Morgan fingerprint density at radius 2 is 2.04 bits per heavy atom. The highest BCUT2D eigenvalue weighted by atomic mass is 79.9. The van der Waals surface area contributed by atoms with E-state index in [9.17, 15) is 14.6 Å². The lowest BCUT2D eigenvalue weighted by Gasteiger charge is -2.41. The van der Waals surface area contributed by atoms with Gasteiger partial charge in [0.05, 0.1) is 21.7 Å². The molecule has 1 aliphatic carbocycles. The zero-order valence-corrected chi connectivity index (χ0v) is 16.2. The van der Waals surface area contributed by atoms with Gasteiger partial charge in [-0.2, -0.15) is 5.26 Å². The first kappa shape index (κ1) is 17.4. The number of nitrogens with one attached hydrogen (secondary N) is 1. The Bertz CT molecular complexity index is 1190. The second-order valence-corrected chi connectivity index (χ2v) is 8.03. The Balaban J connectivity index is 1.87. The number of carbonyl (C=O) groups is 1. The molecular weight excluding hydrogens is 427 g/mol. The molecule has 1 fully saturated rings. The number of nitriles is 1. The number of halogens is 2. The third-order valence-corrected chi connectivity index (χ3v) is 6.51. The van der Waals surface area contributed by atoms with E-state index in [1.165, 1.54) is 0 Å². The van der Waals surface area contributed by atoms with Crippen molar-refractivity contribution in [1.29, 1.82) is 5.26 Å². The summed E-state index contributed by atoms with van der Waals surface area (Å²) in [6.45, 7) is 1.07. The molecule has 0 radical (unpaired) electrons. The van der Waals surface area contributed by atoms with Crippen molar-refractivity contribution in [2.24, 2.45) is 0 Å². The van der Waals surface area contributed by atoms with E-state index < -0.39 is 5.41 Å². The van der Waals surface area contributed by atoms with Gasteiger partial charge >= 0.3 is 0 Å². The number of aromatic amines is 1. The van der Waals surface area contributed by atoms with Crippen LogP contribution >= 0.6 is 15.9 Å². The van der Waals surface area contributed by atoms with Crippen molar-refractivity contribution in [2.45, 2.75) is 18.3 Å². The van der Waals surface area contributed by atoms with Gasteiger partial charge in [-0.15, -0.1) is 0 Å². The van der Waals surface area contributed by atoms with Gasteiger partial charge < -0.3 is 9.72 Å². The molecule has 2 heterocycles. The van der Waals surface area contributed by atoms with Crippen LogP contribution in [0.3, 0.4) is 0 Å². The van der Waals surface area contributed by atoms with Gasteiger partial charge in [-0.25, -0.2) is 0 Å². The van der Waals surface area contributed by atoms with Gasteiger partial charge in [-0.3, -0.25) is 9.74 Å². The molecule has 0 amide bonds. The number of hydrogen-bond donors (Lipinski definition) is 1. The first-order chi connectivity index (χ1) is 13.6. The largest absolute Gasteiger partial charge is 0.381 e. The van der Waals surface area contributed by atoms with Gasteiger partial charge in [0, 0.05) is 45.3 Å². The number of ether oxygens (including phenoxy) is 1. The van der Waals surface area contributed by atoms with E-state index in [1.807, 2.05) is 6.07 Å². The number of carbonyl (C=O) groups excluding carboxylic acids is 1. The van der Waals surface area contributed by atoms with Gasteiger partial charge in [0.2, 0.25) is 0 Å². The average Bonchev–Trinajstić information content (AvgIpc) is 3.12. The molecule has 1 aliphatic heterocycles. The maximum Gasteiger partial charge on any atom is 0.195 e. The summed E-state index contributed by atoms with van der Waals surface area (Å²) >= 11 is 3.29. The molecule has 3 aromatic rings. The second kappa shape index (κ2) is 6.16. The molecule has 1 aromatic heterocycles. The normalized spacial score (nSPS) is 17.2. The van der Waals surface area contributed by atoms with Crippen LogP contribution in [0.1, 0.15) is 45.6 Å². The van der Waals surface area contributed by atoms with Crippen LogP contribution in [-0.2, 0) is 10.2 Å². The molecule has 0 unspecified atom stereocenters. The summed E-state index contributed by atoms with van der Waals surface area (Å²) < 4.78 is 19.1. The maximum absolute atomic E-state index is 13.4.